The molecule has 1 N–H and O–H groups in total. The van der Waals surface area contributed by atoms with Gasteiger partial charge in [0.05, 0.1) is 12.2 Å². The van der Waals surface area contributed by atoms with Crippen LogP contribution in [0.4, 0.5) is 0 Å². The molecule has 0 aliphatic rings. The SMILES string of the molecule is Cc1nn(CCN(C)C)c(Cl)c1C(=O)O. The maximum atomic E-state index is 10.8. The smallest absolute Gasteiger partial charge is 0.340 e. The molecule has 1 aromatic rings. The van der Waals surface area contributed by atoms with Crippen LogP contribution in [-0.2, 0) is 6.54 Å². The first-order valence-electron chi connectivity index (χ1n) is 4.54. The molecule has 0 bridgehead atoms. The molecule has 0 saturated carbocycles. The Balaban J connectivity index is 2.91. The van der Waals surface area contributed by atoms with Crippen molar-refractivity contribution in [2.75, 3.05) is 20.6 Å². The van der Waals surface area contributed by atoms with Crippen molar-refractivity contribution in [2.24, 2.45) is 0 Å². The number of halogens is 1. The van der Waals surface area contributed by atoms with Crippen LogP contribution in [0.15, 0.2) is 0 Å². The number of aromatic nitrogens is 2. The van der Waals surface area contributed by atoms with Gasteiger partial charge in [0.1, 0.15) is 10.7 Å². The molecule has 0 aliphatic heterocycles. The average molecular weight is 232 g/mol. The molecule has 0 aromatic carbocycles. The lowest BCUT2D eigenvalue weighted by atomic mass is 10.3. The quantitative estimate of drug-likeness (QED) is 0.843. The predicted molar refractivity (Wildman–Crippen MR) is 57.5 cm³/mol. The third-order valence-corrected chi connectivity index (χ3v) is 2.42. The van der Waals surface area contributed by atoms with Gasteiger partial charge in [-0.1, -0.05) is 11.6 Å². The number of rotatable bonds is 4. The van der Waals surface area contributed by atoms with Crippen LogP contribution >= 0.6 is 11.6 Å². The zero-order valence-corrected chi connectivity index (χ0v) is 9.75. The van der Waals surface area contributed by atoms with Crippen LogP contribution in [0.3, 0.4) is 0 Å². The lowest BCUT2D eigenvalue weighted by Gasteiger charge is -2.09. The molecule has 1 heterocycles. The van der Waals surface area contributed by atoms with Crippen LogP contribution in [0.1, 0.15) is 16.1 Å². The molecule has 0 aliphatic carbocycles. The minimum absolute atomic E-state index is 0.0930. The predicted octanol–water partition coefficient (Wildman–Crippen LogP) is 1.10. The van der Waals surface area contributed by atoms with E-state index in [2.05, 4.69) is 5.10 Å². The Hall–Kier alpha value is -1.07. The van der Waals surface area contributed by atoms with Crippen molar-refractivity contribution in [3.05, 3.63) is 16.4 Å². The van der Waals surface area contributed by atoms with E-state index in [0.29, 0.717) is 12.2 Å². The summed E-state index contributed by atoms with van der Waals surface area (Å²) in [5.74, 6) is -1.03. The zero-order chi connectivity index (χ0) is 11.6. The van der Waals surface area contributed by atoms with Crippen LogP contribution in [0.5, 0.6) is 0 Å². The molecule has 0 saturated heterocycles. The van der Waals surface area contributed by atoms with E-state index in [1.165, 1.54) is 4.68 Å². The average Bonchev–Trinajstić information content (AvgIpc) is 2.37. The number of carboxylic acids is 1. The van der Waals surface area contributed by atoms with Crippen molar-refractivity contribution >= 4 is 17.6 Å². The van der Waals surface area contributed by atoms with Gasteiger partial charge in [-0.15, -0.1) is 0 Å². The molecule has 0 radical (unpaired) electrons. The fourth-order valence-corrected chi connectivity index (χ4v) is 1.58. The molecule has 1 rings (SSSR count). The normalized spacial score (nSPS) is 11.0. The molecular weight excluding hydrogens is 218 g/mol. The highest BCUT2D eigenvalue weighted by molar-refractivity contribution is 6.32. The highest BCUT2D eigenvalue weighted by atomic mass is 35.5. The second kappa shape index (κ2) is 4.63. The van der Waals surface area contributed by atoms with Gasteiger partial charge in [0.25, 0.3) is 0 Å². The molecular formula is C9H14ClN3O2. The van der Waals surface area contributed by atoms with Gasteiger partial charge in [0, 0.05) is 6.54 Å². The third kappa shape index (κ3) is 2.70. The fraction of sp³-hybridized carbons (Fsp3) is 0.556. The molecule has 0 unspecified atom stereocenters. The Kier molecular flexibility index (Phi) is 3.71. The van der Waals surface area contributed by atoms with Crippen molar-refractivity contribution in [3.63, 3.8) is 0 Å². The zero-order valence-electron chi connectivity index (χ0n) is 8.99. The number of carboxylic acid groups (broad SMARTS) is 1. The van der Waals surface area contributed by atoms with Gasteiger partial charge >= 0.3 is 5.97 Å². The van der Waals surface area contributed by atoms with E-state index in [1.54, 1.807) is 6.92 Å². The molecule has 1 aromatic heterocycles. The van der Waals surface area contributed by atoms with Crippen LogP contribution in [-0.4, -0.2) is 46.4 Å². The molecule has 5 nitrogen and oxygen atoms in total. The van der Waals surface area contributed by atoms with E-state index in [4.69, 9.17) is 16.7 Å². The number of hydrogen-bond donors (Lipinski definition) is 1. The second-order valence-electron chi connectivity index (χ2n) is 3.58. The minimum Gasteiger partial charge on any atom is -0.478 e. The molecule has 84 valence electrons. The van der Waals surface area contributed by atoms with Crippen molar-refractivity contribution in [2.45, 2.75) is 13.5 Å². The summed E-state index contributed by atoms with van der Waals surface area (Å²) in [7, 11) is 3.87. The van der Waals surface area contributed by atoms with E-state index < -0.39 is 5.97 Å². The third-order valence-electron chi connectivity index (χ3n) is 2.04. The van der Waals surface area contributed by atoms with Gasteiger partial charge in [-0.3, -0.25) is 4.68 Å². The van der Waals surface area contributed by atoms with E-state index in [0.717, 1.165) is 6.54 Å². The fourth-order valence-electron chi connectivity index (χ4n) is 1.24. The van der Waals surface area contributed by atoms with Gasteiger partial charge in [-0.25, -0.2) is 4.79 Å². The van der Waals surface area contributed by atoms with E-state index in [9.17, 15) is 4.79 Å². The van der Waals surface area contributed by atoms with Crippen LogP contribution in [0, 0.1) is 6.92 Å². The van der Waals surface area contributed by atoms with E-state index in [1.807, 2.05) is 19.0 Å². The maximum absolute atomic E-state index is 10.8. The molecule has 6 heteroatoms. The minimum atomic E-state index is -1.03. The Morgan fingerprint density at radius 1 is 1.60 bits per heavy atom. The number of likely N-dealkylation sites (N-methyl/N-ethyl adjacent to an activating group) is 1. The number of nitrogens with zero attached hydrogens (tertiary/aromatic N) is 3. The van der Waals surface area contributed by atoms with E-state index >= 15 is 0 Å². The first-order chi connectivity index (χ1) is 6.93. The summed E-state index contributed by atoms with van der Waals surface area (Å²) in [6.07, 6.45) is 0. The Labute approximate surface area is 93.2 Å². The summed E-state index contributed by atoms with van der Waals surface area (Å²) in [5.41, 5.74) is 0.543. The van der Waals surface area contributed by atoms with Crippen molar-refractivity contribution < 1.29 is 9.90 Å². The lowest BCUT2D eigenvalue weighted by Crippen LogP contribution is -2.19. The lowest BCUT2D eigenvalue weighted by molar-refractivity contribution is 0.0696. The highest BCUT2D eigenvalue weighted by Crippen LogP contribution is 2.19. The highest BCUT2D eigenvalue weighted by Gasteiger charge is 2.18. The standard InChI is InChI=1S/C9H14ClN3O2/c1-6-7(9(14)15)8(10)13(11-6)5-4-12(2)3/h4-5H2,1-3H3,(H,14,15). The molecule has 15 heavy (non-hydrogen) atoms. The largest absolute Gasteiger partial charge is 0.478 e. The summed E-state index contributed by atoms with van der Waals surface area (Å²) in [5, 5.41) is 13.2. The molecule has 0 amide bonds. The van der Waals surface area contributed by atoms with Gasteiger partial charge in [0.15, 0.2) is 0 Å². The number of aromatic carboxylic acids is 1. The maximum Gasteiger partial charge on any atom is 0.340 e. The summed E-state index contributed by atoms with van der Waals surface area (Å²) < 4.78 is 1.51. The first-order valence-corrected chi connectivity index (χ1v) is 4.92. The van der Waals surface area contributed by atoms with Gasteiger partial charge < -0.3 is 10.0 Å². The first kappa shape index (κ1) is 12.0. The number of hydrogen-bond acceptors (Lipinski definition) is 3. The summed E-state index contributed by atoms with van der Waals surface area (Å²) in [6.45, 7) is 2.99. The van der Waals surface area contributed by atoms with Crippen molar-refractivity contribution in [3.8, 4) is 0 Å². The molecule has 0 fully saturated rings. The number of aryl methyl sites for hydroxylation is 1. The Morgan fingerprint density at radius 3 is 2.60 bits per heavy atom. The van der Waals surface area contributed by atoms with Gasteiger partial charge in [-0.05, 0) is 21.0 Å². The molecule has 0 spiro atoms. The van der Waals surface area contributed by atoms with Gasteiger partial charge in [0.2, 0.25) is 0 Å². The van der Waals surface area contributed by atoms with Crippen molar-refractivity contribution in [1.29, 1.82) is 0 Å². The van der Waals surface area contributed by atoms with Gasteiger partial charge in [-0.2, -0.15) is 5.10 Å². The number of carbonyl (C=O) groups is 1. The second-order valence-corrected chi connectivity index (χ2v) is 3.94. The van der Waals surface area contributed by atoms with Crippen LogP contribution in [0.2, 0.25) is 5.15 Å². The Bertz CT molecular complexity index is 374. The van der Waals surface area contributed by atoms with Crippen LogP contribution < -0.4 is 0 Å². The van der Waals surface area contributed by atoms with Crippen molar-refractivity contribution in [1.82, 2.24) is 14.7 Å². The monoisotopic (exact) mass is 231 g/mol. The summed E-state index contributed by atoms with van der Waals surface area (Å²) >= 11 is 5.91. The topological polar surface area (TPSA) is 58.4 Å². The molecule has 0 atom stereocenters. The summed E-state index contributed by atoms with van der Waals surface area (Å²) in [6, 6.07) is 0. The van der Waals surface area contributed by atoms with E-state index in [-0.39, 0.29) is 10.7 Å². The van der Waals surface area contributed by atoms with Crippen LogP contribution in [0.25, 0.3) is 0 Å². The summed E-state index contributed by atoms with van der Waals surface area (Å²) in [4.78, 5) is 12.8. The Morgan fingerprint density at radius 2 is 2.20 bits per heavy atom.